The molecule has 0 spiro atoms. The van der Waals surface area contributed by atoms with Crippen LogP contribution in [0, 0.1) is 5.82 Å². The number of hydrogen-bond donors (Lipinski definition) is 1. The summed E-state index contributed by atoms with van der Waals surface area (Å²) in [7, 11) is 0.564. The Morgan fingerprint density at radius 2 is 1.74 bits per heavy atom. The first kappa shape index (κ1) is 23.7. The molecule has 3 aromatic rings. The quantitative estimate of drug-likeness (QED) is 0.574. The van der Waals surface area contributed by atoms with Crippen molar-refractivity contribution in [3.63, 3.8) is 0 Å². The van der Waals surface area contributed by atoms with E-state index in [1.807, 2.05) is 0 Å². The highest BCUT2D eigenvalue weighted by Gasteiger charge is 2.26. The Balaban J connectivity index is 1.49. The summed E-state index contributed by atoms with van der Waals surface area (Å²) in [6.07, 6.45) is 0. The normalized spacial score (nSPS) is 14.5. The SMILES string of the molecule is COc1ccc(-c2cc(C(=O)N3CCN(c4ccc(F)cc4)CC3)[nH]n2)cc1S(=O)(=O)N(C)C. The molecule has 1 aromatic heterocycles. The predicted molar refractivity (Wildman–Crippen MR) is 126 cm³/mol. The summed E-state index contributed by atoms with van der Waals surface area (Å²) in [6, 6.07) is 12.7. The highest BCUT2D eigenvalue weighted by molar-refractivity contribution is 7.89. The molecule has 11 heteroatoms. The lowest BCUT2D eigenvalue weighted by molar-refractivity contribution is 0.0741. The van der Waals surface area contributed by atoms with E-state index in [1.165, 1.54) is 39.4 Å². The topological polar surface area (TPSA) is 98.8 Å². The number of ether oxygens (including phenoxy) is 1. The number of hydrogen-bond acceptors (Lipinski definition) is 6. The van der Waals surface area contributed by atoms with Crippen LogP contribution < -0.4 is 9.64 Å². The average molecular weight is 488 g/mol. The molecule has 0 saturated carbocycles. The maximum Gasteiger partial charge on any atom is 0.272 e. The van der Waals surface area contributed by atoms with Crippen LogP contribution in [0.5, 0.6) is 5.75 Å². The molecule has 0 radical (unpaired) electrons. The van der Waals surface area contributed by atoms with Crippen molar-refractivity contribution in [2.75, 3.05) is 52.3 Å². The van der Waals surface area contributed by atoms with Gasteiger partial charge in [-0.3, -0.25) is 9.89 Å². The van der Waals surface area contributed by atoms with Crippen LogP contribution in [-0.4, -0.2) is 81.1 Å². The lowest BCUT2D eigenvalue weighted by Crippen LogP contribution is -2.48. The first-order valence-electron chi connectivity index (χ1n) is 10.7. The van der Waals surface area contributed by atoms with Crippen molar-refractivity contribution in [1.29, 1.82) is 0 Å². The second-order valence-corrected chi connectivity index (χ2v) is 10.2. The van der Waals surface area contributed by atoms with Crippen molar-refractivity contribution in [3.05, 3.63) is 60.0 Å². The van der Waals surface area contributed by atoms with Gasteiger partial charge in [0.15, 0.2) is 0 Å². The lowest BCUT2D eigenvalue weighted by atomic mass is 10.1. The summed E-state index contributed by atoms with van der Waals surface area (Å²) < 4.78 is 44.9. The third kappa shape index (κ3) is 4.62. The number of aromatic amines is 1. The van der Waals surface area contributed by atoms with Gasteiger partial charge in [0.2, 0.25) is 10.0 Å². The van der Waals surface area contributed by atoms with Crippen molar-refractivity contribution in [2.24, 2.45) is 0 Å². The predicted octanol–water partition coefficient (Wildman–Crippen LogP) is 2.44. The van der Waals surface area contributed by atoms with Gasteiger partial charge in [-0.15, -0.1) is 0 Å². The average Bonchev–Trinajstić information content (AvgIpc) is 3.34. The van der Waals surface area contributed by atoms with Crippen molar-refractivity contribution in [2.45, 2.75) is 4.90 Å². The Labute approximate surface area is 197 Å². The van der Waals surface area contributed by atoms with E-state index in [0.29, 0.717) is 43.1 Å². The zero-order valence-electron chi connectivity index (χ0n) is 19.2. The molecule has 0 unspecified atom stereocenters. The van der Waals surface area contributed by atoms with Crippen LogP contribution in [0.4, 0.5) is 10.1 Å². The highest BCUT2D eigenvalue weighted by atomic mass is 32.2. The number of carbonyl (C=O) groups is 1. The molecule has 180 valence electrons. The molecule has 0 aliphatic carbocycles. The molecule has 34 heavy (non-hydrogen) atoms. The second-order valence-electron chi connectivity index (χ2n) is 8.08. The monoisotopic (exact) mass is 487 g/mol. The van der Waals surface area contributed by atoms with E-state index in [9.17, 15) is 17.6 Å². The fourth-order valence-electron chi connectivity index (χ4n) is 3.80. The zero-order valence-corrected chi connectivity index (χ0v) is 20.0. The van der Waals surface area contributed by atoms with E-state index in [4.69, 9.17) is 4.74 Å². The van der Waals surface area contributed by atoms with Gasteiger partial charge in [0.1, 0.15) is 22.2 Å². The Bertz CT molecular complexity index is 1280. The minimum Gasteiger partial charge on any atom is -0.495 e. The number of anilines is 1. The largest absolute Gasteiger partial charge is 0.495 e. The summed E-state index contributed by atoms with van der Waals surface area (Å²) in [5, 5.41) is 7.00. The van der Waals surface area contributed by atoms with Crippen molar-refractivity contribution in [1.82, 2.24) is 19.4 Å². The molecular formula is C23H26FN5O4S. The minimum absolute atomic E-state index is 0.0188. The summed E-state index contributed by atoms with van der Waals surface area (Å²) in [5.41, 5.74) is 2.22. The molecule has 2 aromatic carbocycles. The number of amides is 1. The van der Waals surface area contributed by atoms with Crippen molar-refractivity contribution >= 4 is 21.6 Å². The number of nitrogens with one attached hydrogen (secondary N) is 1. The molecule has 1 saturated heterocycles. The number of halogens is 1. The van der Waals surface area contributed by atoms with Gasteiger partial charge in [-0.25, -0.2) is 17.1 Å². The van der Waals surface area contributed by atoms with Crippen molar-refractivity contribution in [3.8, 4) is 17.0 Å². The number of sulfonamides is 1. The van der Waals surface area contributed by atoms with E-state index in [0.717, 1.165) is 9.99 Å². The number of piperazine rings is 1. The Morgan fingerprint density at radius 3 is 2.35 bits per heavy atom. The highest BCUT2D eigenvalue weighted by Crippen LogP contribution is 2.31. The molecular weight excluding hydrogens is 461 g/mol. The molecule has 1 aliphatic heterocycles. The van der Waals surface area contributed by atoms with Crippen LogP contribution in [0.25, 0.3) is 11.3 Å². The lowest BCUT2D eigenvalue weighted by Gasteiger charge is -2.35. The standard InChI is InChI=1S/C23H26FN5O4S/c1-27(2)34(31,32)22-14-16(4-9-21(22)33-3)19-15-20(26-25-19)23(30)29-12-10-28(11-13-29)18-7-5-17(24)6-8-18/h4-9,14-15H,10-13H2,1-3H3,(H,25,26). The van der Waals surface area contributed by atoms with E-state index in [1.54, 1.807) is 35.2 Å². The first-order valence-corrected chi connectivity index (χ1v) is 12.1. The Kier molecular flexibility index (Phi) is 6.58. The summed E-state index contributed by atoms with van der Waals surface area (Å²) in [4.78, 5) is 16.9. The number of rotatable bonds is 6. The van der Waals surface area contributed by atoms with Gasteiger partial charge in [0.05, 0.1) is 12.8 Å². The minimum atomic E-state index is -3.74. The van der Waals surface area contributed by atoms with Gasteiger partial charge in [-0.2, -0.15) is 5.10 Å². The van der Waals surface area contributed by atoms with E-state index < -0.39 is 10.0 Å². The number of carbonyl (C=O) groups excluding carboxylic acids is 1. The van der Waals surface area contributed by atoms with Gasteiger partial charge in [0.25, 0.3) is 5.91 Å². The van der Waals surface area contributed by atoms with Gasteiger partial charge < -0.3 is 14.5 Å². The van der Waals surface area contributed by atoms with Crippen LogP contribution in [0.1, 0.15) is 10.5 Å². The fraction of sp³-hybridized carbons (Fsp3) is 0.304. The number of H-pyrrole nitrogens is 1. The van der Waals surface area contributed by atoms with Gasteiger partial charge in [0, 0.05) is 51.5 Å². The van der Waals surface area contributed by atoms with Gasteiger partial charge >= 0.3 is 0 Å². The van der Waals surface area contributed by atoms with E-state index in [2.05, 4.69) is 15.1 Å². The third-order valence-corrected chi connectivity index (χ3v) is 7.62. The molecule has 0 atom stereocenters. The fourth-order valence-corrected chi connectivity index (χ4v) is 4.88. The Morgan fingerprint density at radius 1 is 1.06 bits per heavy atom. The first-order chi connectivity index (χ1) is 16.2. The molecule has 9 nitrogen and oxygen atoms in total. The zero-order chi connectivity index (χ0) is 24.5. The van der Waals surface area contributed by atoms with Gasteiger partial charge in [-0.1, -0.05) is 0 Å². The maximum absolute atomic E-state index is 13.2. The number of nitrogens with zero attached hydrogens (tertiary/aromatic N) is 4. The van der Waals surface area contributed by atoms with E-state index in [-0.39, 0.29) is 22.4 Å². The van der Waals surface area contributed by atoms with Crippen LogP contribution in [0.2, 0.25) is 0 Å². The van der Waals surface area contributed by atoms with Crippen LogP contribution >= 0.6 is 0 Å². The summed E-state index contributed by atoms with van der Waals surface area (Å²) >= 11 is 0. The summed E-state index contributed by atoms with van der Waals surface area (Å²) in [5.74, 6) is -0.244. The number of benzene rings is 2. The van der Waals surface area contributed by atoms with Gasteiger partial charge in [-0.05, 0) is 48.5 Å². The maximum atomic E-state index is 13.2. The van der Waals surface area contributed by atoms with E-state index >= 15 is 0 Å². The van der Waals surface area contributed by atoms with Crippen LogP contribution in [0.3, 0.4) is 0 Å². The molecule has 1 N–H and O–H groups in total. The molecule has 1 amide bonds. The second kappa shape index (κ2) is 9.43. The molecule has 0 bridgehead atoms. The summed E-state index contributed by atoms with van der Waals surface area (Å²) in [6.45, 7) is 2.28. The molecule has 2 heterocycles. The van der Waals surface area contributed by atoms with Crippen LogP contribution in [0.15, 0.2) is 53.4 Å². The smallest absolute Gasteiger partial charge is 0.272 e. The third-order valence-electron chi connectivity index (χ3n) is 5.78. The number of aromatic nitrogens is 2. The number of methoxy groups -OCH3 is 1. The Hall–Kier alpha value is -3.44. The molecule has 4 rings (SSSR count). The molecule has 1 fully saturated rings. The molecule has 1 aliphatic rings. The van der Waals surface area contributed by atoms with Crippen LogP contribution in [-0.2, 0) is 10.0 Å². The van der Waals surface area contributed by atoms with Crippen molar-refractivity contribution < 1.29 is 22.3 Å².